The van der Waals surface area contributed by atoms with E-state index in [0.29, 0.717) is 28.1 Å². The Kier molecular flexibility index (Phi) is 5.98. The van der Waals surface area contributed by atoms with Gasteiger partial charge in [-0.3, -0.25) is 0 Å². The number of nitrogens with zero attached hydrogens (tertiary/aromatic N) is 5. The number of anilines is 1. The van der Waals surface area contributed by atoms with Crippen LogP contribution in [0.4, 0.5) is 5.82 Å². The number of nitrogens with one attached hydrogen (secondary N) is 1. The number of hydrogen-bond donors (Lipinski definition) is 4. The Bertz CT molecular complexity index is 1110. The van der Waals surface area contributed by atoms with Crippen molar-refractivity contribution in [1.29, 1.82) is 0 Å². The number of aliphatic hydroxyl groups excluding tert-OH is 3. The minimum atomic E-state index is -1.22. The molecule has 0 aliphatic heterocycles. The number of thioether (sulfide) groups is 1. The summed E-state index contributed by atoms with van der Waals surface area (Å²) in [6.07, 6.45) is -1.27. The maximum atomic E-state index is 10.4. The quantitative estimate of drug-likeness (QED) is 0.300. The molecule has 0 bridgehead atoms. The molecule has 6 atom stereocenters. The van der Waals surface area contributed by atoms with Gasteiger partial charge in [-0.25, -0.2) is 14.6 Å². The van der Waals surface area contributed by atoms with Crippen LogP contribution in [0.5, 0.6) is 0 Å². The fourth-order valence-electron chi connectivity index (χ4n) is 4.23. The Morgan fingerprint density at radius 1 is 1.12 bits per heavy atom. The molecule has 2 fully saturated rings. The van der Waals surface area contributed by atoms with E-state index in [9.17, 15) is 15.3 Å². The lowest BCUT2D eigenvalue weighted by Gasteiger charge is -2.16. The van der Waals surface area contributed by atoms with Gasteiger partial charge in [-0.2, -0.15) is 0 Å². The van der Waals surface area contributed by atoms with E-state index in [1.165, 1.54) is 10.2 Å². The molecular formula is C21H25ClN6O3S. The smallest absolute Gasteiger partial charge is 0.191 e. The third-order valence-electron chi connectivity index (χ3n) is 6.08. The molecule has 32 heavy (non-hydrogen) atoms. The molecule has 2 aliphatic rings. The van der Waals surface area contributed by atoms with Crippen LogP contribution in [-0.4, -0.2) is 70.4 Å². The van der Waals surface area contributed by atoms with Gasteiger partial charge in [0.05, 0.1) is 12.1 Å². The van der Waals surface area contributed by atoms with Crippen molar-refractivity contribution in [3.05, 3.63) is 34.9 Å². The predicted molar refractivity (Wildman–Crippen MR) is 122 cm³/mol. The highest BCUT2D eigenvalue weighted by Crippen LogP contribution is 2.44. The Balaban J connectivity index is 1.45. The van der Waals surface area contributed by atoms with Gasteiger partial charge in [-0.05, 0) is 30.5 Å². The van der Waals surface area contributed by atoms with Gasteiger partial charge < -0.3 is 20.6 Å². The van der Waals surface area contributed by atoms with Gasteiger partial charge in [0.15, 0.2) is 22.1 Å². The predicted octanol–water partition coefficient (Wildman–Crippen LogP) is 2.37. The van der Waals surface area contributed by atoms with Crippen molar-refractivity contribution in [2.45, 2.75) is 67.7 Å². The van der Waals surface area contributed by atoms with Crippen LogP contribution >= 0.6 is 23.4 Å². The molecule has 2 saturated carbocycles. The number of benzene rings is 1. The van der Waals surface area contributed by atoms with E-state index < -0.39 is 24.4 Å². The molecular weight excluding hydrogens is 452 g/mol. The lowest BCUT2D eigenvalue weighted by Crippen LogP contribution is -2.31. The molecule has 9 nitrogen and oxygen atoms in total. The average Bonchev–Trinajstić information content (AvgIpc) is 3.34. The number of aromatic nitrogens is 5. The maximum absolute atomic E-state index is 10.4. The second-order valence-corrected chi connectivity index (χ2v) is 9.90. The molecule has 2 heterocycles. The third kappa shape index (κ3) is 4.06. The number of fused-ring (bicyclic) bond motifs is 1. The molecule has 1 aromatic carbocycles. The highest BCUT2D eigenvalue weighted by Gasteiger charge is 2.43. The van der Waals surface area contributed by atoms with E-state index in [0.717, 1.165) is 23.6 Å². The summed E-state index contributed by atoms with van der Waals surface area (Å²) in [6, 6.07) is 7.48. The summed E-state index contributed by atoms with van der Waals surface area (Å²) in [5.41, 5.74) is 2.21. The fraction of sp³-hybridized carbons (Fsp3) is 0.524. The van der Waals surface area contributed by atoms with Gasteiger partial charge in [0.1, 0.15) is 12.2 Å². The molecule has 4 N–H and O–H groups in total. The van der Waals surface area contributed by atoms with E-state index in [1.54, 1.807) is 11.8 Å². The summed E-state index contributed by atoms with van der Waals surface area (Å²) in [6.45, 7) is 2.09. The summed E-state index contributed by atoms with van der Waals surface area (Å²) < 4.78 is 1.51. The first-order chi connectivity index (χ1) is 15.5. The van der Waals surface area contributed by atoms with Crippen LogP contribution in [0, 0.1) is 0 Å². The van der Waals surface area contributed by atoms with Gasteiger partial charge >= 0.3 is 0 Å². The van der Waals surface area contributed by atoms with Gasteiger partial charge in [0, 0.05) is 29.2 Å². The zero-order chi connectivity index (χ0) is 22.4. The number of rotatable bonds is 7. The van der Waals surface area contributed by atoms with Crippen LogP contribution in [-0.2, 0) is 0 Å². The van der Waals surface area contributed by atoms with Gasteiger partial charge in [-0.15, -0.1) is 5.10 Å². The molecule has 170 valence electrons. The Morgan fingerprint density at radius 3 is 2.59 bits per heavy atom. The third-order valence-corrected chi connectivity index (χ3v) is 7.39. The van der Waals surface area contributed by atoms with E-state index in [2.05, 4.69) is 27.5 Å². The Labute approximate surface area is 194 Å². The first kappa shape index (κ1) is 21.8. The lowest BCUT2D eigenvalue weighted by atomic mass is 10.1. The minimum absolute atomic E-state index is 0.173. The molecule has 0 saturated heterocycles. The molecule has 2 aliphatic carbocycles. The van der Waals surface area contributed by atoms with Crippen molar-refractivity contribution in [1.82, 2.24) is 25.0 Å². The Morgan fingerprint density at radius 2 is 1.91 bits per heavy atom. The zero-order valence-electron chi connectivity index (χ0n) is 17.5. The van der Waals surface area contributed by atoms with E-state index in [1.807, 2.05) is 24.3 Å². The molecule has 0 radical (unpaired) electrons. The fourth-order valence-corrected chi connectivity index (χ4v) is 5.05. The van der Waals surface area contributed by atoms with Crippen molar-refractivity contribution in [3.63, 3.8) is 0 Å². The highest BCUT2D eigenvalue weighted by molar-refractivity contribution is 7.99. The van der Waals surface area contributed by atoms with Crippen LogP contribution < -0.4 is 5.32 Å². The second kappa shape index (κ2) is 8.75. The summed E-state index contributed by atoms with van der Waals surface area (Å²) in [4.78, 5) is 9.33. The topological polar surface area (TPSA) is 129 Å². The van der Waals surface area contributed by atoms with E-state index >= 15 is 0 Å². The molecule has 0 spiro atoms. The van der Waals surface area contributed by atoms with Gasteiger partial charge in [-0.1, -0.05) is 47.6 Å². The SMILES string of the molecule is CCCSc1nc(NC2CC2c2ccc(Cl)cc2)c2nnn([C@H]3C[C@@H](O)[C@H](O)[C@@H]3O)c2n1. The summed E-state index contributed by atoms with van der Waals surface area (Å²) in [5, 5.41) is 43.7. The molecule has 5 rings (SSSR count). The molecule has 11 heteroatoms. The van der Waals surface area contributed by atoms with Gasteiger partial charge in [0.25, 0.3) is 0 Å². The van der Waals surface area contributed by atoms with Crippen LogP contribution in [0.2, 0.25) is 5.02 Å². The van der Waals surface area contributed by atoms with Crippen LogP contribution in [0.1, 0.15) is 43.7 Å². The van der Waals surface area contributed by atoms with Crippen LogP contribution in [0.15, 0.2) is 29.4 Å². The lowest BCUT2D eigenvalue weighted by molar-refractivity contribution is -0.0253. The normalized spacial score (nSPS) is 29.5. The number of hydrogen-bond acceptors (Lipinski definition) is 9. The van der Waals surface area contributed by atoms with Gasteiger partial charge in [0.2, 0.25) is 0 Å². The van der Waals surface area contributed by atoms with Crippen molar-refractivity contribution in [3.8, 4) is 0 Å². The molecule has 2 unspecified atom stereocenters. The minimum Gasteiger partial charge on any atom is -0.390 e. The van der Waals surface area contributed by atoms with E-state index in [4.69, 9.17) is 16.6 Å². The highest BCUT2D eigenvalue weighted by atomic mass is 35.5. The zero-order valence-corrected chi connectivity index (χ0v) is 19.0. The van der Waals surface area contributed by atoms with Crippen molar-refractivity contribution in [2.24, 2.45) is 0 Å². The van der Waals surface area contributed by atoms with Crippen LogP contribution in [0.25, 0.3) is 11.2 Å². The molecule has 2 aromatic heterocycles. The summed E-state index contributed by atoms with van der Waals surface area (Å²) in [7, 11) is 0. The molecule has 0 amide bonds. The second-order valence-electron chi connectivity index (χ2n) is 8.41. The monoisotopic (exact) mass is 476 g/mol. The number of aliphatic hydroxyl groups is 3. The maximum Gasteiger partial charge on any atom is 0.191 e. The van der Waals surface area contributed by atoms with E-state index in [-0.39, 0.29) is 12.5 Å². The van der Waals surface area contributed by atoms with Crippen molar-refractivity contribution in [2.75, 3.05) is 11.1 Å². The van der Waals surface area contributed by atoms with Crippen molar-refractivity contribution >= 4 is 40.3 Å². The Hall–Kier alpha value is -1.98. The number of halogens is 1. The molecule has 3 aromatic rings. The standard InChI is InChI=1S/C21H25ClN6O3S/c1-2-7-32-21-24-19(23-13-8-12(13)10-3-5-11(22)6-4-10)16-20(25-21)28(27-26-16)14-9-15(29)18(31)17(14)30/h3-6,12-15,17-18,29-31H,2,7-9H2,1H3,(H,23,24,25)/t12?,13?,14-,15+,17+,18-/m0/s1. The average molecular weight is 477 g/mol. The summed E-state index contributed by atoms with van der Waals surface area (Å²) >= 11 is 7.56. The summed E-state index contributed by atoms with van der Waals surface area (Å²) in [5.74, 6) is 1.84. The van der Waals surface area contributed by atoms with Crippen molar-refractivity contribution < 1.29 is 15.3 Å². The largest absolute Gasteiger partial charge is 0.390 e. The van der Waals surface area contributed by atoms with Crippen LogP contribution in [0.3, 0.4) is 0 Å². The first-order valence-corrected chi connectivity index (χ1v) is 12.1. The first-order valence-electron chi connectivity index (χ1n) is 10.8.